The molecule has 2 heterocycles. The number of hydrogen-bond acceptors (Lipinski definition) is 5. The van der Waals surface area contributed by atoms with E-state index >= 15 is 0 Å². The molecule has 21 heavy (non-hydrogen) atoms. The van der Waals surface area contributed by atoms with Gasteiger partial charge in [-0.3, -0.25) is 0 Å². The Morgan fingerprint density at radius 1 is 1.19 bits per heavy atom. The van der Waals surface area contributed by atoms with Gasteiger partial charge in [-0.2, -0.15) is 4.98 Å². The van der Waals surface area contributed by atoms with Crippen LogP contribution in [-0.2, 0) is 0 Å². The molecule has 0 radical (unpaired) electrons. The number of para-hydroxylation sites is 1. The Hall–Kier alpha value is -2.14. The van der Waals surface area contributed by atoms with Crippen molar-refractivity contribution < 1.29 is 9.26 Å². The molecule has 5 heteroatoms. The molecule has 2 aliphatic rings. The average Bonchev–Trinajstić information content (AvgIpc) is 3.15. The second-order valence-corrected chi connectivity index (χ2v) is 5.61. The molecule has 1 aromatic carbocycles. The van der Waals surface area contributed by atoms with E-state index < -0.39 is 0 Å². The molecule has 1 aliphatic carbocycles. The molecule has 0 amide bonds. The van der Waals surface area contributed by atoms with Crippen molar-refractivity contribution in [1.29, 1.82) is 0 Å². The van der Waals surface area contributed by atoms with Gasteiger partial charge in [-0.1, -0.05) is 35.5 Å². The second kappa shape index (κ2) is 5.00. The highest BCUT2D eigenvalue weighted by Crippen LogP contribution is 2.37. The van der Waals surface area contributed by atoms with Crippen molar-refractivity contribution in [3.8, 4) is 5.75 Å². The fraction of sp³-hybridized carbons (Fsp3) is 0.375. The third-order valence-corrected chi connectivity index (χ3v) is 4.16. The molecule has 0 saturated carbocycles. The van der Waals surface area contributed by atoms with Crippen molar-refractivity contribution in [2.24, 2.45) is 5.73 Å². The van der Waals surface area contributed by atoms with Crippen LogP contribution < -0.4 is 10.5 Å². The van der Waals surface area contributed by atoms with Crippen LogP contribution in [0.4, 0.5) is 0 Å². The summed E-state index contributed by atoms with van der Waals surface area (Å²) in [6.45, 7) is 0.680. The summed E-state index contributed by atoms with van der Waals surface area (Å²) in [5.41, 5.74) is 7.02. The monoisotopic (exact) mass is 283 g/mol. The Balaban J connectivity index is 1.63. The number of hydrogen-bond donors (Lipinski definition) is 1. The van der Waals surface area contributed by atoms with E-state index in [0.717, 1.165) is 30.0 Å². The van der Waals surface area contributed by atoms with Crippen LogP contribution in [-0.4, -0.2) is 22.8 Å². The number of nitrogens with two attached hydrogens (primary N) is 1. The number of allylic oxidation sites excluding steroid dienone is 1. The lowest BCUT2D eigenvalue weighted by Crippen LogP contribution is -2.16. The van der Waals surface area contributed by atoms with Gasteiger partial charge in [-0.05, 0) is 18.9 Å². The molecule has 5 nitrogen and oxygen atoms in total. The summed E-state index contributed by atoms with van der Waals surface area (Å²) in [7, 11) is 0. The molecule has 4 rings (SSSR count). The summed E-state index contributed by atoms with van der Waals surface area (Å²) in [4.78, 5) is 4.61. The summed E-state index contributed by atoms with van der Waals surface area (Å²) in [5.74, 6) is 2.62. The zero-order chi connectivity index (χ0) is 14.2. The molecule has 1 aliphatic heterocycles. The van der Waals surface area contributed by atoms with Crippen LogP contribution in [0.5, 0.6) is 5.75 Å². The first-order chi connectivity index (χ1) is 10.3. The van der Waals surface area contributed by atoms with E-state index in [9.17, 15) is 0 Å². The summed E-state index contributed by atoms with van der Waals surface area (Å²) < 4.78 is 11.1. The number of rotatable bonds is 2. The van der Waals surface area contributed by atoms with E-state index in [4.69, 9.17) is 15.0 Å². The Kier molecular flexibility index (Phi) is 3.00. The number of nitrogens with zero attached hydrogens (tertiary/aromatic N) is 2. The van der Waals surface area contributed by atoms with Crippen LogP contribution in [0.1, 0.15) is 42.0 Å². The maximum atomic E-state index is 5.88. The average molecular weight is 283 g/mol. The highest BCUT2D eigenvalue weighted by atomic mass is 16.5. The highest BCUT2D eigenvalue weighted by Gasteiger charge is 2.29. The number of fused-ring (bicyclic) bond motifs is 1. The minimum Gasteiger partial charge on any atom is -0.493 e. The Morgan fingerprint density at radius 3 is 2.95 bits per heavy atom. The van der Waals surface area contributed by atoms with Crippen molar-refractivity contribution in [2.45, 2.75) is 30.7 Å². The van der Waals surface area contributed by atoms with Gasteiger partial charge in [-0.15, -0.1) is 0 Å². The predicted octanol–water partition coefficient (Wildman–Crippen LogP) is 2.35. The second-order valence-electron chi connectivity index (χ2n) is 5.61. The van der Waals surface area contributed by atoms with Crippen LogP contribution in [0.2, 0.25) is 0 Å². The quantitative estimate of drug-likeness (QED) is 0.856. The van der Waals surface area contributed by atoms with E-state index in [1.807, 2.05) is 24.3 Å². The minimum absolute atomic E-state index is 0.0918. The lowest BCUT2D eigenvalue weighted by molar-refractivity contribution is 0.272. The summed E-state index contributed by atoms with van der Waals surface area (Å²) in [6.07, 6.45) is 5.76. The summed E-state index contributed by atoms with van der Waals surface area (Å²) in [5, 5.41) is 4.19. The van der Waals surface area contributed by atoms with Gasteiger partial charge in [0.1, 0.15) is 5.75 Å². The third kappa shape index (κ3) is 2.23. The van der Waals surface area contributed by atoms with E-state index in [2.05, 4.69) is 22.3 Å². The first-order valence-corrected chi connectivity index (χ1v) is 7.30. The maximum absolute atomic E-state index is 5.88. The van der Waals surface area contributed by atoms with Gasteiger partial charge in [0.2, 0.25) is 5.89 Å². The Bertz CT molecular complexity index is 680. The van der Waals surface area contributed by atoms with Crippen molar-refractivity contribution in [1.82, 2.24) is 10.1 Å². The van der Waals surface area contributed by atoms with E-state index in [1.54, 1.807) is 0 Å². The van der Waals surface area contributed by atoms with Crippen LogP contribution in [0.3, 0.4) is 0 Å². The van der Waals surface area contributed by atoms with Gasteiger partial charge >= 0.3 is 0 Å². The van der Waals surface area contributed by atoms with Gasteiger partial charge in [0.05, 0.1) is 18.4 Å². The first-order valence-electron chi connectivity index (χ1n) is 7.30. The summed E-state index contributed by atoms with van der Waals surface area (Å²) in [6, 6.07) is 8.14. The lowest BCUT2D eigenvalue weighted by atomic mass is 9.92. The standard InChI is InChI=1S/C16H17N3O2/c17-11-6-5-10(9-11)16-18-15(19-21-16)13-7-8-20-14-4-2-1-3-12(13)14/h1-6,10-11,13H,7-9,17H2. The maximum Gasteiger partial charge on any atom is 0.233 e. The number of aromatic nitrogens is 2. The minimum atomic E-state index is 0.0918. The zero-order valence-corrected chi connectivity index (χ0v) is 11.6. The molecule has 2 aromatic rings. The molecule has 2 N–H and O–H groups in total. The largest absolute Gasteiger partial charge is 0.493 e. The molecule has 108 valence electrons. The third-order valence-electron chi connectivity index (χ3n) is 4.16. The fourth-order valence-corrected chi connectivity index (χ4v) is 3.06. The zero-order valence-electron chi connectivity index (χ0n) is 11.6. The normalized spacial score (nSPS) is 27.4. The van der Waals surface area contributed by atoms with Crippen LogP contribution in [0.25, 0.3) is 0 Å². The van der Waals surface area contributed by atoms with E-state index in [-0.39, 0.29) is 17.9 Å². The van der Waals surface area contributed by atoms with E-state index in [0.29, 0.717) is 12.5 Å². The van der Waals surface area contributed by atoms with Gasteiger partial charge in [0.15, 0.2) is 5.82 Å². The van der Waals surface area contributed by atoms with Crippen molar-refractivity contribution in [3.05, 3.63) is 53.7 Å². The number of ether oxygens (including phenoxy) is 1. The topological polar surface area (TPSA) is 74.2 Å². The van der Waals surface area contributed by atoms with E-state index in [1.165, 1.54) is 0 Å². The molecular formula is C16H17N3O2. The fourth-order valence-electron chi connectivity index (χ4n) is 3.06. The molecule has 0 bridgehead atoms. The van der Waals surface area contributed by atoms with Crippen LogP contribution in [0, 0.1) is 0 Å². The SMILES string of the molecule is NC1C=CC(c2nc(C3CCOc4ccccc43)no2)C1. The molecule has 0 saturated heterocycles. The predicted molar refractivity (Wildman–Crippen MR) is 77.2 cm³/mol. The molecule has 3 unspecified atom stereocenters. The molecule has 1 aromatic heterocycles. The highest BCUT2D eigenvalue weighted by molar-refractivity contribution is 5.40. The van der Waals surface area contributed by atoms with Crippen LogP contribution >= 0.6 is 0 Å². The van der Waals surface area contributed by atoms with Crippen molar-refractivity contribution in [2.75, 3.05) is 6.61 Å². The molecule has 3 atom stereocenters. The molecule has 0 spiro atoms. The van der Waals surface area contributed by atoms with Crippen molar-refractivity contribution in [3.63, 3.8) is 0 Å². The smallest absolute Gasteiger partial charge is 0.233 e. The first kappa shape index (κ1) is 12.6. The Morgan fingerprint density at radius 2 is 2.10 bits per heavy atom. The van der Waals surface area contributed by atoms with Gasteiger partial charge in [0, 0.05) is 11.6 Å². The van der Waals surface area contributed by atoms with Crippen molar-refractivity contribution >= 4 is 0 Å². The summed E-state index contributed by atoms with van der Waals surface area (Å²) >= 11 is 0. The van der Waals surface area contributed by atoms with Gasteiger partial charge in [-0.25, -0.2) is 0 Å². The Labute approximate surface area is 122 Å². The number of benzene rings is 1. The van der Waals surface area contributed by atoms with Gasteiger partial charge < -0.3 is 15.0 Å². The molecular weight excluding hydrogens is 266 g/mol. The lowest BCUT2D eigenvalue weighted by Gasteiger charge is -2.23. The molecule has 0 fully saturated rings. The van der Waals surface area contributed by atoms with Gasteiger partial charge in [0.25, 0.3) is 0 Å². The van der Waals surface area contributed by atoms with Crippen LogP contribution in [0.15, 0.2) is 40.9 Å².